The summed E-state index contributed by atoms with van der Waals surface area (Å²) in [4.78, 5) is 0. The molecule has 1 aliphatic carbocycles. The summed E-state index contributed by atoms with van der Waals surface area (Å²) in [5.41, 5.74) is 7.01. The van der Waals surface area contributed by atoms with Gasteiger partial charge in [-0.05, 0) is 24.8 Å². The molecule has 0 aromatic heterocycles. The molecule has 0 saturated heterocycles. The van der Waals surface area contributed by atoms with Gasteiger partial charge in [0.2, 0.25) is 0 Å². The van der Waals surface area contributed by atoms with Crippen molar-refractivity contribution in [3.05, 3.63) is 28.8 Å². The Bertz CT molecular complexity index is 364. The average Bonchev–Trinajstić information content (AvgIpc) is 2.33. The van der Waals surface area contributed by atoms with Crippen LogP contribution in [0, 0.1) is 5.92 Å². The van der Waals surface area contributed by atoms with Gasteiger partial charge in [0.25, 0.3) is 0 Å². The quantitative estimate of drug-likeness (QED) is 0.856. The summed E-state index contributed by atoms with van der Waals surface area (Å²) in [7, 11) is 0. The SMILES string of the molecule is Cl.N[C@H](c1cccc(Cl)c1O)C1CCCCC1. The van der Waals surface area contributed by atoms with Crippen molar-refractivity contribution >= 4 is 24.0 Å². The van der Waals surface area contributed by atoms with Crippen molar-refractivity contribution in [3.8, 4) is 5.75 Å². The fourth-order valence-corrected chi connectivity index (χ4v) is 2.73. The maximum Gasteiger partial charge on any atom is 0.138 e. The Balaban J connectivity index is 0.00000144. The monoisotopic (exact) mass is 275 g/mol. The van der Waals surface area contributed by atoms with E-state index in [1.165, 1.54) is 19.3 Å². The number of phenols is 1. The average molecular weight is 276 g/mol. The lowest BCUT2D eigenvalue weighted by Gasteiger charge is -2.28. The maximum atomic E-state index is 9.89. The zero-order valence-corrected chi connectivity index (χ0v) is 11.3. The molecule has 1 aromatic rings. The lowest BCUT2D eigenvalue weighted by Crippen LogP contribution is -2.23. The molecule has 1 aromatic carbocycles. The van der Waals surface area contributed by atoms with Gasteiger partial charge < -0.3 is 10.8 Å². The summed E-state index contributed by atoms with van der Waals surface area (Å²) < 4.78 is 0. The molecule has 4 heteroatoms. The van der Waals surface area contributed by atoms with Gasteiger partial charge in [-0.1, -0.05) is 43.0 Å². The Morgan fingerprint density at radius 1 is 1.24 bits per heavy atom. The van der Waals surface area contributed by atoms with Crippen LogP contribution in [0.3, 0.4) is 0 Å². The summed E-state index contributed by atoms with van der Waals surface area (Å²) in [6, 6.07) is 5.33. The molecule has 0 heterocycles. The third-order valence-electron chi connectivity index (χ3n) is 3.53. The van der Waals surface area contributed by atoms with Gasteiger partial charge in [0.05, 0.1) is 5.02 Å². The number of hydrogen-bond acceptors (Lipinski definition) is 2. The molecule has 96 valence electrons. The molecule has 0 unspecified atom stereocenters. The van der Waals surface area contributed by atoms with Crippen molar-refractivity contribution in [1.29, 1.82) is 0 Å². The largest absolute Gasteiger partial charge is 0.506 e. The molecule has 1 aliphatic rings. The first-order chi connectivity index (χ1) is 7.70. The maximum absolute atomic E-state index is 9.89. The van der Waals surface area contributed by atoms with Crippen LogP contribution in [0.4, 0.5) is 0 Å². The fourth-order valence-electron chi connectivity index (χ4n) is 2.55. The highest BCUT2D eigenvalue weighted by Gasteiger charge is 2.24. The minimum absolute atomic E-state index is 0. The number of halogens is 2. The minimum Gasteiger partial charge on any atom is -0.506 e. The molecule has 17 heavy (non-hydrogen) atoms. The summed E-state index contributed by atoms with van der Waals surface area (Å²) in [5.74, 6) is 0.639. The first-order valence-electron chi connectivity index (χ1n) is 5.93. The lowest BCUT2D eigenvalue weighted by molar-refractivity contribution is 0.303. The van der Waals surface area contributed by atoms with Gasteiger partial charge in [0, 0.05) is 11.6 Å². The van der Waals surface area contributed by atoms with E-state index < -0.39 is 0 Å². The van der Waals surface area contributed by atoms with E-state index in [0.29, 0.717) is 10.9 Å². The molecule has 1 fully saturated rings. The van der Waals surface area contributed by atoms with Gasteiger partial charge >= 0.3 is 0 Å². The van der Waals surface area contributed by atoms with Crippen LogP contribution in [0.2, 0.25) is 5.02 Å². The van der Waals surface area contributed by atoms with Crippen LogP contribution >= 0.6 is 24.0 Å². The van der Waals surface area contributed by atoms with Crippen molar-refractivity contribution in [1.82, 2.24) is 0 Å². The van der Waals surface area contributed by atoms with Crippen molar-refractivity contribution in [3.63, 3.8) is 0 Å². The highest BCUT2D eigenvalue weighted by atomic mass is 35.5. The van der Waals surface area contributed by atoms with Crippen LogP contribution < -0.4 is 5.73 Å². The van der Waals surface area contributed by atoms with E-state index in [1.54, 1.807) is 6.07 Å². The second-order valence-electron chi connectivity index (χ2n) is 4.60. The van der Waals surface area contributed by atoms with Gasteiger partial charge in [-0.25, -0.2) is 0 Å². The Hall–Kier alpha value is -0.440. The Morgan fingerprint density at radius 2 is 1.88 bits per heavy atom. The van der Waals surface area contributed by atoms with Crippen LogP contribution in [0.5, 0.6) is 5.75 Å². The van der Waals surface area contributed by atoms with Crippen LogP contribution in [-0.4, -0.2) is 5.11 Å². The standard InChI is InChI=1S/C13H18ClNO.ClH/c14-11-8-4-7-10(13(11)16)12(15)9-5-2-1-3-6-9;/h4,7-9,12,16H,1-3,5-6,15H2;1H/t12-;/m0./s1. The van der Waals surface area contributed by atoms with Crippen molar-refractivity contribution in [2.45, 2.75) is 38.1 Å². The Labute approximate surface area is 114 Å². The number of rotatable bonds is 2. The molecule has 2 rings (SSSR count). The lowest BCUT2D eigenvalue weighted by atomic mass is 9.81. The van der Waals surface area contributed by atoms with E-state index in [4.69, 9.17) is 17.3 Å². The number of aromatic hydroxyl groups is 1. The van der Waals surface area contributed by atoms with Crippen LogP contribution in [0.1, 0.15) is 43.7 Å². The van der Waals surface area contributed by atoms with Crippen LogP contribution in [0.25, 0.3) is 0 Å². The molecule has 3 N–H and O–H groups in total. The number of benzene rings is 1. The molecule has 2 nitrogen and oxygen atoms in total. The van der Waals surface area contributed by atoms with E-state index in [-0.39, 0.29) is 24.2 Å². The molecule has 0 bridgehead atoms. The molecular weight excluding hydrogens is 257 g/mol. The fraction of sp³-hybridized carbons (Fsp3) is 0.538. The Morgan fingerprint density at radius 3 is 2.53 bits per heavy atom. The van der Waals surface area contributed by atoms with E-state index in [9.17, 15) is 5.11 Å². The molecule has 1 saturated carbocycles. The van der Waals surface area contributed by atoms with Gasteiger partial charge in [0.1, 0.15) is 5.75 Å². The van der Waals surface area contributed by atoms with E-state index in [1.807, 2.05) is 12.1 Å². The summed E-state index contributed by atoms with van der Waals surface area (Å²) >= 11 is 5.89. The van der Waals surface area contributed by atoms with Gasteiger partial charge in [0.15, 0.2) is 0 Å². The number of nitrogens with two attached hydrogens (primary N) is 1. The van der Waals surface area contributed by atoms with Crippen molar-refractivity contribution in [2.24, 2.45) is 11.7 Å². The molecule has 0 amide bonds. The minimum atomic E-state index is -0.0843. The molecule has 0 spiro atoms. The van der Waals surface area contributed by atoms with Gasteiger partial charge in [-0.2, -0.15) is 0 Å². The highest BCUT2D eigenvalue weighted by Crippen LogP contribution is 2.38. The first-order valence-corrected chi connectivity index (χ1v) is 6.31. The van der Waals surface area contributed by atoms with Crippen LogP contribution in [-0.2, 0) is 0 Å². The second kappa shape index (κ2) is 6.48. The van der Waals surface area contributed by atoms with E-state index in [0.717, 1.165) is 18.4 Å². The van der Waals surface area contributed by atoms with E-state index in [2.05, 4.69) is 0 Å². The third kappa shape index (κ3) is 3.27. The topological polar surface area (TPSA) is 46.2 Å². The number of hydrogen-bond donors (Lipinski definition) is 2. The first kappa shape index (κ1) is 14.6. The highest BCUT2D eigenvalue weighted by molar-refractivity contribution is 6.32. The zero-order valence-electron chi connectivity index (χ0n) is 9.73. The summed E-state index contributed by atoms with van der Waals surface area (Å²) in [6.45, 7) is 0. The summed E-state index contributed by atoms with van der Waals surface area (Å²) in [6.07, 6.45) is 6.13. The molecule has 0 radical (unpaired) electrons. The molecule has 0 aliphatic heterocycles. The van der Waals surface area contributed by atoms with Crippen molar-refractivity contribution < 1.29 is 5.11 Å². The Kier molecular flexibility index (Phi) is 5.57. The predicted molar refractivity (Wildman–Crippen MR) is 73.9 cm³/mol. The summed E-state index contributed by atoms with van der Waals surface area (Å²) in [5, 5.41) is 10.3. The number of phenolic OH excluding ortho intramolecular Hbond substituents is 1. The number of para-hydroxylation sites is 1. The second-order valence-corrected chi connectivity index (χ2v) is 5.01. The van der Waals surface area contributed by atoms with Gasteiger partial charge in [-0.3, -0.25) is 0 Å². The van der Waals surface area contributed by atoms with E-state index >= 15 is 0 Å². The van der Waals surface area contributed by atoms with Crippen molar-refractivity contribution in [2.75, 3.05) is 0 Å². The van der Waals surface area contributed by atoms with Gasteiger partial charge in [-0.15, -0.1) is 12.4 Å². The predicted octanol–water partition coefficient (Wildman–Crippen LogP) is 4.05. The zero-order chi connectivity index (χ0) is 11.5. The third-order valence-corrected chi connectivity index (χ3v) is 3.84. The smallest absolute Gasteiger partial charge is 0.138 e. The molecule has 1 atom stereocenters. The molecular formula is C13H19Cl2NO. The van der Waals surface area contributed by atoms with Crippen LogP contribution in [0.15, 0.2) is 18.2 Å². The normalized spacial score (nSPS) is 18.5.